The van der Waals surface area contributed by atoms with Crippen molar-refractivity contribution in [3.63, 3.8) is 0 Å². The lowest BCUT2D eigenvalue weighted by molar-refractivity contribution is -0.303. The number of aliphatic imine (C=N–C) groups is 1. The van der Waals surface area contributed by atoms with E-state index in [0.717, 1.165) is 0 Å². The number of Topliss-reactive ketones (excluding diaryl/α,β-unsaturated/α-hetero) is 2. The monoisotopic (exact) mass is 264 g/mol. The number of rotatable bonds is 2. The van der Waals surface area contributed by atoms with Crippen LogP contribution in [0.2, 0.25) is 0 Å². The van der Waals surface area contributed by atoms with Gasteiger partial charge in [0.1, 0.15) is 11.1 Å². The summed E-state index contributed by atoms with van der Waals surface area (Å²) in [6.45, 7) is -0.695. The number of benzene rings is 1. The minimum atomic E-state index is -1.44. The highest BCUT2D eigenvalue weighted by atomic mass is 35.5. The summed E-state index contributed by atoms with van der Waals surface area (Å²) in [5, 5.41) is 9.08. The number of nitrogens with zero attached hydrogens (tertiary/aromatic N) is 1. The lowest BCUT2D eigenvalue weighted by atomic mass is 9.88. The number of carbonyl (C=O) groups excluding carboxylic acids is 3. The van der Waals surface area contributed by atoms with Crippen LogP contribution < -0.4 is 5.11 Å². The number of fused-ring (bicyclic) bond motifs is 1. The molecular weight excluding hydrogens is 258 g/mol. The Morgan fingerprint density at radius 3 is 2.50 bits per heavy atom. The summed E-state index contributed by atoms with van der Waals surface area (Å²) in [5.41, 5.74) is 0.177. The quantitative estimate of drug-likeness (QED) is 0.696. The van der Waals surface area contributed by atoms with Gasteiger partial charge in [-0.05, 0) is 0 Å². The third kappa shape index (κ3) is 2.04. The van der Waals surface area contributed by atoms with E-state index >= 15 is 0 Å². The van der Waals surface area contributed by atoms with Crippen molar-refractivity contribution in [3.05, 3.63) is 35.4 Å². The highest BCUT2D eigenvalue weighted by Crippen LogP contribution is 2.23. The molecule has 18 heavy (non-hydrogen) atoms. The molecule has 0 saturated heterocycles. The van der Waals surface area contributed by atoms with Crippen LogP contribution in [-0.2, 0) is 4.79 Å². The molecule has 0 fully saturated rings. The standard InChI is InChI=1S/C12H8ClNO4/c13-9-10(14-5-8(15)16)12(18)7-4-2-1-3-6(7)11(9)17/h1-4,9H,5H2,(H,15,16)/p-1. The van der Waals surface area contributed by atoms with E-state index in [1.54, 1.807) is 12.1 Å². The predicted molar refractivity (Wildman–Crippen MR) is 62.1 cm³/mol. The summed E-state index contributed by atoms with van der Waals surface area (Å²) < 4.78 is 0. The minimum absolute atomic E-state index is 0.191. The molecular formula is C12H7ClNO4-. The summed E-state index contributed by atoms with van der Waals surface area (Å²) >= 11 is 5.82. The Bertz CT molecular complexity index is 579. The molecule has 0 heterocycles. The smallest absolute Gasteiger partial charge is 0.209 e. The van der Waals surface area contributed by atoms with Crippen molar-refractivity contribution in [3.8, 4) is 0 Å². The van der Waals surface area contributed by atoms with E-state index in [4.69, 9.17) is 11.6 Å². The van der Waals surface area contributed by atoms with Gasteiger partial charge in [-0.1, -0.05) is 24.3 Å². The van der Waals surface area contributed by atoms with Gasteiger partial charge >= 0.3 is 0 Å². The SMILES string of the molecule is O=C([O-])CN=C1C(=O)c2ccccc2C(=O)C1Cl. The van der Waals surface area contributed by atoms with Crippen molar-refractivity contribution in [1.29, 1.82) is 0 Å². The Hall–Kier alpha value is -2.01. The van der Waals surface area contributed by atoms with E-state index in [1.807, 2.05) is 0 Å². The number of carboxylic acid groups (broad SMARTS) is 1. The van der Waals surface area contributed by atoms with E-state index in [0.29, 0.717) is 0 Å². The fraction of sp³-hybridized carbons (Fsp3) is 0.167. The Kier molecular flexibility index (Phi) is 3.25. The molecule has 1 aliphatic rings. The second-order valence-electron chi connectivity index (χ2n) is 3.67. The summed E-state index contributed by atoms with van der Waals surface area (Å²) in [6.07, 6.45) is 0. The van der Waals surface area contributed by atoms with Crippen LogP contribution >= 0.6 is 11.6 Å². The molecule has 1 aliphatic carbocycles. The normalized spacial score (nSPS) is 20.9. The number of carbonyl (C=O) groups is 3. The molecule has 0 amide bonds. The number of halogens is 1. The van der Waals surface area contributed by atoms with Crippen LogP contribution in [0.3, 0.4) is 0 Å². The molecule has 0 spiro atoms. The van der Waals surface area contributed by atoms with Crippen LogP contribution in [0.5, 0.6) is 0 Å². The molecule has 0 radical (unpaired) electrons. The number of carboxylic acids is 1. The Balaban J connectivity index is 2.49. The molecule has 1 atom stereocenters. The van der Waals surface area contributed by atoms with Gasteiger partial charge in [-0.25, -0.2) is 0 Å². The average molecular weight is 265 g/mol. The van der Waals surface area contributed by atoms with Crippen LogP contribution in [0.15, 0.2) is 29.3 Å². The molecule has 1 aromatic rings. The molecule has 5 nitrogen and oxygen atoms in total. The number of ketones is 2. The van der Waals surface area contributed by atoms with E-state index in [1.165, 1.54) is 12.1 Å². The second-order valence-corrected chi connectivity index (χ2v) is 4.11. The molecule has 1 aromatic carbocycles. The number of hydrogen-bond donors (Lipinski definition) is 0. The first kappa shape index (κ1) is 12.4. The second kappa shape index (κ2) is 4.70. The van der Waals surface area contributed by atoms with Gasteiger partial charge in [-0.15, -0.1) is 11.6 Å². The molecule has 0 bridgehead atoms. The molecule has 0 aliphatic heterocycles. The Labute approximate surface area is 107 Å². The summed E-state index contributed by atoms with van der Waals surface area (Å²) in [5.74, 6) is -2.42. The van der Waals surface area contributed by atoms with Gasteiger partial charge < -0.3 is 9.90 Å². The van der Waals surface area contributed by atoms with Gasteiger partial charge in [0, 0.05) is 11.1 Å². The molecule has 92 valence electrons. The maximum atomic E-state index is 12.0. The van der Waals surface area contributed by atoms with Crippen LogP contribution in [0.1, 0.15) is 20.7 Å². The highest BCUT2D eigenvalue weighted by Gasteiger charge is 2.36. The predicted octanol–water partition coefficient (Wildman–Crippen LogP) is -0.136. The molecule has 1 unspecified atom stereocenters. The number of hydrogen-bond acceptors (Lipinski definition) is 5. The molecule has 6 heteroatoms. The maximum Gasteiger partial charge on any atom is 0.209 e. The molecule has 2 rings (SSSR count). The van der Waals surface area contributed by atoms with Crippen LogP contribution in [0.25, 0.3) is 0 Å². The summed E-state index contributed by atoms with van der Waals surface area (Å²) in [4.78, 5) is 37.8. The number of aliphatic carboxylic acids is 1. The fourth-order valence-electron chi connectivity index (χ4n) is 1.71. The average Bonchev–Trinajstić information content (AvgIpc) is 2.36. The van der Waals surface area contributed by atoms with E-state index < -0.39 is 29.5 Å². The first-order valence-electron chi connectivity index (χ1n) is 5.08. The number of alkyl halides is 1. The van der Waals surface area contributed by atoms with Crippen molar-refractivity contribution in [2.24, 2.45) is 4.99 Å². The minimum Gasteiger partial charge on any atom is -0.548 e. The van der Waals surface area contributed by atoms with Crippen LogP contribution in [-0.4, -0.2) is 35.2 Å². The first-order valence-corrected chi connectivity index (χ1v) is 5.52. The maximum absolute atomic E-state index is 12.0. The molecule has 0 N–H and O–H groups in total. The summed E-state index contributed by atoms with van der Waals surface area (Å²) in [6, 6.07) is 6.21. The van der Waals surface area contributed by atoms with Crippen molar-refractivity contribution in [2.45, 2.75) is 5.38 Å². The molecule has 0 aromatic heterocycles. The van der Waals surface area contributed by atoms with Gasteiger partial charge in [-0.3, -0.25) is 14.6 Å². The van der Waals surface area contributed by atoms with Crippen molar-refractivity contribution < 1.29 is 19.5 Å². The largest absolute Gasteiger partial charge is 0.548 e. The molecule has 0 saturated carbocycles. The van der Waals surface area contributed by atoms with Crippen molar-refractivity contribution in [1.82, 2.24) is 0 Å². The first-order chi connectivity index (χ1) is 8.52. The highest BCUT2D eigenvalue weighted by molar-refractivity contribution is 6.64. The topological polar surface area (TPSA) is 86.6 Å². The van der Waals surface area contributed by atoms with Crippen molar-refractivity contribution in [2.75, 3.05) is 6.54 Å². The zero-order valence-electron chi connectivity index (χ0n) is 9.05. The Morgan fingerprint density at radius 1 is 1.28 bits per heavy atom. The van der Waals surface area contributed by atoms with Gasteiger partial charge in [0.05, 0.1) is 12.5 Å². The van der Waals surface area contributed by atoms with Crippen LogP contribution in [0.4, 0.5) is 0 Å². The van der Waals surface area contributed by atoms with Gasteiger partial charge in [0.2, 0.25) is 5.78 Å². The van der Waals surface area contributed by atoms with Gasteiger partial charge in [0.15, 0.2) is 5.78 Å². The van der Waals surface area contributed by atoms with E-state index in [-0.39, 0.29) is 16.8 Å². The van der Waals surface area contributed by atoms with E-state index in [2.05, 4.69) is 4.99 Å². The van der Waals surface area contributed by atoms with E-state index in [9.17, 15) is 19.5 Å². The lowest BCUT2D eigenvalue weighted by Crippen LogP contribution is -2.39. The lowest BCUT2D eigenvalue weighted by Gasteiger charge is -2.19. The Morgan fingerprint density at radius 2 is 1.89 bits per heavy atom. The third-order valence-electron chi connectivity index (χ3n) is 2.52. The summed E-state index contributed by atoms with van der Waals surface area (Å²) in [7, 11) is 0. The third-order valence-corrected chi connectivity index (χ3v) is 2.92. The van der Waals surface area contributed by atoms with Crippen LogP contribution in [0, 0.1) is 0 Å². The zero-order valence-corrected chi connectivity index (χ0v) is 9.81. The van der Waals surface area contributed by atoms with Crippen molar-refractivity contribution >= 4 is 34.8 Å². The zero-order chi connectivity index (χ0) is 13.3. The fourth-order valence-corrected chi connectivity index (χ4v) is 2.00. The van der Waals surface area contributed by atoms with Gasteiger partial charge in [-0.2, -0.15) is 0 Å². The van der Waals surface area contributed by atoms with Gasteiger partial charge in [0.25, 0.3) is 0 Å².